The lowest BCUT2D eigenvalue weighted by molar-refractivity contribution is 0.179. The number of nitrogen functional groups attached to an aromatic ring is 1. The minimum atomic E-state index is 0.114. The molecule has 1 saturated carbocycles. The maximum absolute atomic E-state index is 12.1. The van der Waals surface area contributed by atoms with Gasteiger partial charge in [0.15, 0.2) is 0 Å². The number of carbonyl (C=O) groups excluding carboxylic acids is 1. The Bertz CT molecular complexity index is 453. The highest BCUT2D eigenvalue weighted by Gasteiger charge is 2.29. The smallest absolute Gasteiger partial charge is 0.317 e. The Labute approximate surface area is 114 Å². The number of rotatable bonds is 2. The van der Waals surface area contributed by atoms with E-state index in [1.165, 1.54) is 5.56 Å². The third-order valence-corrected chi connectivity index (χ3v) is 4.02. The van der Waals surface area contributed by atoms with Crippen LogP contribution in [0.3, 0.4) is 0 Å². The van der Waals surface area contributed by atoms with Gasteiger partial charge in [-0.05, 0) is 43.4 Å². The molecule has 1 aliphatic heterocycles. The molecule has 0 bridgehead atoms. The van der Waals surface area contributed by atoms with Crippen LogP contribution in [0, 0.1) is 0 Å². The average molecular weight is 259 g/mol. The van der Waals surface area contributed by atoms with E-state index in [1.54, 1.807) is 0 Å². The first-order valence-corrected chi connectivity index (χ1v) is 7.13. The first-order valence-electron chi connectivity index (χ1n) is 7.13. The van der Waals surface area contributed by atoms with Gasteiger partial charge in [-0.2, -0.15) is 0 Å². The van der Waals surface area contributed by atoms with Crippen molar-refractivity contribution in [3.63, 3.8) is 0 Å². The van der Waals surface area contributed by atoms with Crippen molar-refractivity contribution in [2.75, 3.05) is 18.8 Å². The fraction of sp³-hybridized carbons (Fsp3) is 0.533. The van der Waals surface area contributed by atoms with Crippen molar-refractivity contribution < 1.29 is 4.79 Å². The largest absolute Gasteiger partial charge is 0.399 e. The molecule has 2 fully saturated rings. The molecule has 1 saturated heterocycles. The minimum absolute atomic E-state index is 0.114. The van der Waals surface area contributed by atoms with E-state index < -0.39 is 0 Å². The summed E-state index contributed by atoms with van der Waals surface area (Å²) in [6.07, 6.45) is 4.51. The molecule has 3 rings (SSSR count). The highest BCUT2D eigenvalue weighted by molar-refractivity contribution is 5.75. The van der Waals surface area contributed by atoms with E-state index in [-0.39, 0.29) is 6.03 Å². The lowest BCUT2D eigenvalue weighted by atomic mass is 9.90. The molecule has 102 valence electrons. The molecule has 1 atom stereocenters. The number of nitrogens with one attached hydrogen (secondary N) is 1. The Morgan fingerprint density at radius 1 is 1.21 bits per heavy atom. The number of benzene rings is 1. The van der Waals surface area contributed by atoms with E-state index in [2.05, 4.69) is 17.4 Å². The number of carbonyl (C=O) groups is 1. The number of anilines is 1. The van der Waals surface area contributed by atoms with Crippen molar-refractivity contribution in [3.8, 4) is 0 Å². The maximum atomic E-state index is 12.1. The van der Waals surface area contributed by atoms with Crippen LogP contribution in [0.15, 0.2) is 24.3 Å². The molecular weight excluding hydrogens is 238 g/mol. The Morgan fingerprint density at radius 3 is 2.63 bits per heavy atom. The van der Waals surface area contributed by atoms with Crippen LogP contribution in [0.4, 0.5) is 10.5 Å². The van der Waals surface area contributed by atoms with Gasteiger partial charge in [-0.1, -0.05) is 12.1 Å². The topological polar surface area (TPSA) is 58.4 Å². The summed E-state index contributed by atoms with van der Waals surface area (Å²) in [7, 11) is 0. The van der Waals surface area contributed by atoms with E-state index in [9.17, 15) is 4.79 Å². The summed E-state index contributed by atoms with van der Waals surface area (Å²) in [5.41, 5.74) is 7.80. The molecule has 4 nitrogen and oxygen atoms in total. The van der Waals surface area contributed by atoms with Crippen LogP contribution in [0.2, 0.25) is 0 Å². The zero-order valence-electron chi connectivity index (χ0n) is 11.1. The van der Waals surface area contributed by atoms with Crippen LogP contribution in [0.5, 0.6) is 0 Å². The van der Waals surface area contributed by atoms with Crippen LogP contribution in [-0.4, -0.2) is 30.1 Å². The Balaban J connectivity index is 1.63. The van der Waals surface area contributed by atoms with Crippen molar-refractivity contribution in [2.24, 2.45) is 0 Å². The van der Waals surface area contributed by atoms with Crippen molar-refractivity contribution in [1.29, 1.82) is 0 Å². The third kappa shape index (κ3) is 3.00. The van der Waals surface area contributed by atoms with Gasteiger partial charge in [0.05, 0.1) is 0 Å². The van der Waals surface area contributed by atoms with Gasteiger partial charge in [-0.3, -0.25) is 0 Å². The second kappa shape index (κ2) is 5.11. The predicted molar refractivity (Wildman–Crippen MR) is 76.0 cm³/mol. The molecule has 1 aromatic rings. The lowest BCUT2D eigenvalue weighted by Crippen LogP contribution is -2.45. The number of amides is 2. The molecule has 3 N–H and O–H groups in total. The summed E-state index contributed by atoms with van der Waals surface area (Å²) in [5.74, 6) is 0.444. The summed E-state index contributed by atoms with van der Waals surface area (Å²) in [6, 6.07) is 8.61. The number of nitrogens with two attached hydrogens (primary N) is 1. The summed E-state index contributed by atoms with van der Waals surface area (Å²) >= 11 is 0. The van der Waals surface area contributed by atoms with Crippen LogP contribution >= 0.6 is 0 Å². The lowest BCUT2D eigenvalue weighted by Gasteiger charge is -2.33. The Kier molecular flexibility index (Phi) is 3.32. The zero-order valence-corrected chi connectivity index (χ0v) is 11.1. The first-order chi connectivity index (χ1) is 9.22. The second-order valence-corrected chi connectivity index (χ2v) is 5.68. The molecule has 1 unspecified atom stereocenters. The maximum Gasteiger partial charge on any atom is 0.317 e. The van der Waals surface area contributed by atoms with E-state index in [0.29, 0.717) is 12.0 Å². The number of hydrogen-bond acceptors (Lipinski definition) is 2. The number of nitrogens with zero attached hydrogens (tertiary/aromatic N) is 1. The molecular formula is C15H21N3O. The van der Waals surface area contributed by atoms with E-state index in [4.69, 9.17) is 5.73 Å². The monoisotopic (exact) mass is 259 g/mol. The highest BCUT2D eigenvalue weighted by Crippen LogP contribution is 2.28. The van der Waals surface area contributed by atoms with Gasteiger partial charge < -0.3 is 16.0 Å². The number of piperidine rings is 1. The van der Waals surface area contributed by atoms with E-state index in [0.717, 1.165) is 44.5 Å². The van der Waals surface area contributed by atoms with Crippen molar-refractivity contribution in [3.05, 3.63) is 29.8 Å². The van der Waals surface area contributed by atoms with Gasteiger partial charge in [-0.15, -0.1) is 0 Å². The van der Waals surface area contributed by atoms with Crippen LogP contribution in [0.25, 0.3) is 0 Å². The second-order valence-electron chi connectivity index (χ2n) is 5.68. The molecule has 4 heteroatoms. The summed E-state index contributed by atoms with van der Waals surface area (Å²) in [4.78, 5) is 14.0. The first kappa shape index (κ1) is 12.3. The Morgan fingerprint density at radius 2 is 1.95 bits per heavy atom. The molecule has 0 spiro atoms. The molecule has 0 radical (unpaired) electrons. The van der Waals surface area contributed by atoms with E-state index >= 15 is 0 Å². The van der Waals surface area contributed by atoms with Crippen LogP contribution in [0.1, 0.15) is 37.2 Å². The summed E-state index contributed by atoms with van der Waals surface area (Å²) in [6.45, 7) is 1.70. The summed E-state index contributed by atoms with van der Waals surface area (Å²) in [5, 5.41) is 3.07. The highest BCUT2D eigenvalue weighted by atomic mass is 16.2. The molecule has 19 heavy (non-hydrogen) atoms. The number of likely N-dealkylation sites (tertiary alicyclic amines) is 1. The van der Waals surface area contributed by atoms with Gasteiger partial charge in [0.2, 0.25) is 0 Å². The molecule has 2 aliphatic rings. The fourth-order valence-corrected chi connectivity index (χ4v) is 2.70. The van der Waals surface area contributed by atoms with Gasteiger partial charge in [0.25, 0.3) is 0 Å². The summed E-state index contributed by atoms with van der Waals surface area (Å²) < 4.78 is 0. The average Bonchev–Trinajstić information content (AvgIpc) is 3.24. The molecule has 1 aliphatic carbocycles. The molecule has 2 amide bonds. The molecule has 1 heterocycles. The fourth-order valence-electron chi connectivity index (χ4n) is 2.70. The normalized spacial score (nSPS) is 23.2. The van der Waals surface area contributed by atoms with Gasteiger partial charge in [0, 0.05) is 30.7 Å². The zero-order chi connectivity index (χ0) is 13.2. The van der Waals surface area contributed by atoms with Crippen molar-refractivity contribution in [2.45, 2.75) is 37.6 Å². The number of urea groups is 1. The molecule has 1 aromatic carbocycles. The van der Waals surface area contributed by atoms with Crippen LogP contribution in [-0.2, 0) is 0 Å². The van der Waals surface area contributed by atoms with Crippen molar-refractivity contribution >= 4 is 11.7 Å². The Hall–Kier alpha value is -1.71. The van der Waals surface area contributed by atoms with Crippen molar-refractivity contribution in [1.82, 2.24) is 10.2 Å². The van der Waals surface area contributed by atoms with Crippen LogP contribution < -0.4 is 11.1 Å². The minimum Gasteiger partial charge on any atom is -0.399 e. The molecule has 0 aromatic heterocycles. The number of hydrogen-bond donors (Lipinski definition) is 2. The SMILES string of the molecule is Nc1ccc(C2CCCN(C(=O)NC3CC3)C2)cc1. The van der Waals surface area contributed by atoms with Gasteiger partial charge in [0.1, 0.15) is 0 Å². The van der Waals surface area contributed by atoms with Gasteiger partial charge in [-0.25, -0.2) is 4.79 Å². The van der Waals surface area contributed by atoms with E-state index in [1.807, 2.05) is 17.0 Å². The van der Waals surface area contributed by atoms with Gasteiger partial charge >= 0.3 is 6.03 Å². The predicted octanol–water partition coefficient (Wildman–Crippen LogP) is 2.32. The standard InChI is InChI=1S/C15H21N3O/c16-13-5-3-11(4-6-13)12-2-1-9-18(10-12)15(19)17-14-7-8-14/h3-6,12,14H,1-2,7-10,16H2,(H,17,19). The quantitative estimate of drug-likeness (QED) is 0.801. The third-order valence-electron chi connectivity index (χ3n) is 4.02.